The lowest BCUT2D eigenvalue weighted by molar-refractivity contribution is -0.139. The van der Waals surface area contributed by atoms with Crippen molar-refractivity contribution >= 4 is 12.0 Å². The molecule has 2 amide bonds. The number of carbonyl (C=O) groups is 2. The molecule has 1 rings (SSSR count). The van der Waals surface area contributed by atoms with Crippen molar-refractivity contribution < 1.29 is 14.7 Å². The fourth-order valence-corrected chi connectivity index (χ4v) is 2.01. The van der Waals surface area contributed by atoms with Crippen LogP contribution in [0.5, 0.6) is 0 Å². The van der Waals surface area contributed by atoms with Crippen LogP contribution in [0.15, 0.2) is 30.3 Å². The molecule has 1 atom stereocenters. The smallest absolute Gasteiger partial charge is 0.326 e. The molecule has 5 nitrogen and oxygen atoms in total. The van der Waals surface area contributed by atoms with Gasteiger partial charge in [0.15, 0.2) is 0 Å². The highest BCUT2D eigenvalue weighted by atomic mass is 16.4. The van der Waals surface area contributed by atoms with Crippen molar-refractivity contribution in [2.75, 3.05) is 6.54 Å². The molecular weight excluding hydrogens is 268 g/mol. The van der Waals surface area contributed by atoms with Crippen molar-refractivity contribution in [1.29, 1.82) is 0 Å². The molecule has 0 aliphatic carbocycles. The van der Waals surface area contributed by atoms with Gasteiger partial charge in [-0.3, -0.25) is 0 Å². The number of benzene rings is 1. The first-order valence-corrected chi connectivity index (χ1v) is 7.44. The van der Waals surface area contributed by atoms with Crippen molar-refractivity contribution in [2.24, 2.45) is 0 Å². The van der Waals surface area contributed by atoms with E-state index in [-0.39, 0.29) is 0 Å². The number of nitrogens with one attached hydrogen (secondary N) is 2. The fourth-order valence-electron chi connectivity index (χ4n) is 2.01. The van der Waals surface area contributed by atoms with Gasteiger partial charge >= 0.3 is 12.0 Å². The maximum Gasteiger partial charge on any atom is 0.326 e. The molecule has 0 heterocycles. The molecule has 0 aromatic heterocycles. The number of hydrogen-bond donors (Lipinski definition) is 3. The number of carboxylic acid groups (broad SMARTS) is 1. The van der Waals surface area contributed by atoms with Crippen molar-refractivity contribution in [3.05, 3.63) is 35.9 Å². The van der Waals surface area contributed by atoms with Crippen LogP contribution in [0.4, 0.5) is 4.79 Å². The predicted molar refractivity (Wildman–Crippen MR) is 82.2 cm³/mol. The normalized spacial score (nSPS) is 11.7. The zero-order valence-corrected chi connectivity index (χ0v) is 12.5. The summed E-state index contributed by atoms with van der Waals surface area (Å²) >= 11 is 0. The van der Waals surface area contributed by atoms with Crippen molar-refractivity contribution in [1.82, 2.24) is 10.6 Å². The van der Waals surface area contributed by atoms with Crippen LogP contribution < -0.4 is 10.6 Å². The molecule has 0 aliphatic heterocycles. The second kappa shape index (κ2) is 9.80. The minimum Gasteiger partial charge on any atom is -0.480 e. The summed E-state index contributed by atoms with van der Waals surface area (Å²) in [4.78, 5) is 22.7. The Balaban J connectivity index is 2.21. The largest absolute Gasteiger partial charge is 0.480 e. The average molecular weight is 292 g/mol. The Kier molecular flexibility index (Phi) is 7.94. The highest BCUT2D eigenvalue weighted by Gasteiger charge is 2.18. The van der Waals surface area contributed by atoms with E-state index in [2.05, 4.69) is 10.6 Å². The van der Waals surface area contributed by atoms with Crippen LogP contribution in [0.3, 0.4) is 0 Å². The predicted octanol–water partition coefficient (Wildman–Crippen LogP) is 2.56. The molecule has 0 radical (unpaired) electrons. The van der Waals surface area contributed by atoms with E-state index in [0.717, 1.165) is 25.7 Å². The van der Waals surface area contributed by atoms with E-state index in [1.165, 1.54) is 5.56 Å². The topological polar surface area (TPSA) is 78.4 Å². The summed E-state index contributed by atoms with van der Waals surface area (Å²) in [5, 5.41) is 14.2. The number of amides is 2. The monoisotopic (exact) mass is 292 g/mol. The molecule has 3 N–H and O–H groups in total. The van der Waals surface area contributed by atoms with E-state index in [4.69, 9.17) is 5.11 Å². The third kappa shape index (κ3) is 7.34. The summed E-state index contributed by atoms with van der Waals surface area (Å²) in [6, 6.07) is 8.82. The van der Waals surface area contributed by atoms with Gasteiger partial charge in [-0.1, -0.05) is 50.1 Å². The Hall–Kier alpha value is -2.04. The molecule has 0 aliphatic rings. The third-order valence-corrected chi connectivity index (χ3v) is 3.22. The van der Waals surface area contributed by atoms with Gasteiger partial charge in [0.25, 0.3) is 0 Å². The second-order valence-electron chi connectivity index (χ2n) is 5.02. The van der Waals surface area contributed by atoms with Crippen molar-refractivity contribution in [3.63, 3.8) is 0 Å². The minimum absolute atomic E-state index is 0.411. The minimum atomic E-state index is -0.983. The Morgan fingerprint density at radius 3 is 2.52 bits per heavy atom. The van der Waals surface area contributed by atoms with Gasteiger partial charge in [-0.05, 0) is 24.8 Å². The van der Waals surface area contributed by atoms with Gasteiger partial charge in [0.05, 0.1) is 0 Å². The summed E-state index contributed by atoms with van der Waals surface area (Å²) in [6.45, 7) is 2.52. The number of rotatable bonds is 9. The third-order valence-electron chi connectivity index (χ3n) is 3.22. The number of hydrogen-bond acceptors (Lipinski definition) is 2. The maximum absolute atomic E-state index is 11.6. The van der Waals surface area contributed by atoms with Gasteiger partial charge in [0.2, 0.25) is 0 Å². The molecular formula is C16H24N2O3. The Morgan fingerprint density at radius 1 is 1.19 bits per heavy atom. The lowest BCUT2D eigenvalue weighted by atomic mass is 10.1. The first-order chi connectivity index (χ1) is 10.1. The molecule has 116 valence electrons. The van der Waals surface area contributed by atoms with E-state index < -0.39 is 18.0 Å². The van der Waals surface area contributed by atoms with Crippen molar-refractivity contribution in [2.45, 2.75) is 45.1 Å². The van der Waals surface area contributed by atoms with Gasteiger partial charge in [0, 0.05) is 6.54 Å². The van der Waals surface area contributed by atoms with Crippen LogP contribution in [0, 0.1) is 0 Å². The number of urea groups is 1. The standard InChI is InChI=1S/C16H24N2O3/c1-2-3-11-14(15(19)20)18-16(21)17-12-7-10-13-8-5-4-6-9-13/h4-6,8-9,14H,2-3,7,10-12H2,1H3,(H,19,20)(H2,17,18,21). The summed E-state index contributed by atoms with van der Waals surface area (Å²) in [6.07, 6.45) is 3.86. The zero-order valence-electron chi connectivity index (χ0n) is 12.5. The van der Waals surface area contributed by atoms with Gasteiger partial charge in [0.1, 0.15) is 6.04 Å². The Bertz CT molecular complexity index is 434. The quantitative estimate of drug-likeness (QED) is 0.612. The number of aliphatic carboxylic acids is 1. The second-order valence-corrected chi connectivity index (χ2v) is 5.02. The van der Waals surface area contributed by atoms with Gasteiger partial charge in [-0.2, -0.15) is 0 Å². The molecule has 0 fully saturated rings. The van der Waals surface area contributed by atoms with E-state index in [1.807, 2.05) is 37.3 Å². The Labute approximate surface area is 125 Å². The Morgan fingerprint density at radius 2 is 1.90 bits per heavy atom. The lowest BCUT2D eigenvalue weighted by Crippen LogP contribution is -2.46. The van der Waals surface area contributed by atoms with Crippen LogP contribution in [-0.4, -0.2) is 29.7 Å². The average Bonchev–Trinajstić information content (AvgIpc) is 2.48. The van der Waals surface area contributed by atoms with Crippen LogP contribution in [0.2, 0.25) is 0 Å². The first kappa shape index (κ1) is 17.0. The van der Waals surface area contributed by atoms with Gasteiger partial charge < -0.3 is 15.7 Å². The highest BCUT2D eigenvalue weighted by Crippen LogP contribution is 2.02. The molecule has 21 heavy (non-hydrogen) atoms. The first-order valence-electron chi connectivity index (χ1n) is 7.44. The summed E-state index contributed by atoms with van der Waals surface area (Å²) in [5.74, 6) is -0.983. The van der Waals surface area contributed by atoms with Crippen LogP contribution in [0.1, 0.15) is 38.2 Å². The van der Waals surface area contributed by atoms with E-state index in [0.29, 0.717) is 13.0 Å². The van der Waals surface area contributed by atoms with Crippen LogP contribution in [-0.2, 0) is 11.2 Å². The number of carboxylic acids is 1. The molecule has 0 bridgehead atoms. The summed E-state index contributed by atoms with van der Waals surface area (Å²) in [5.41, 5.74) is 1.23. The molecule has 1 aromatic carbocycles. The molecule has 5 heteroatoms. The van der Waals surface area contributed by atoms with Crippen LogP contribution >= 0.6 is 0 Å². The van der Waals surface area contributed by atoms with Gasteiger partial charge in [-0.15, -0.1) is 0 Å². The van der Waals surface area contributed by atoms with E-state index in [9.17, 15) is 9.59 Å². The molecule has 1 unspecified atom stereocenters. The van der Waals surface area contributed by atoms with Crippen molar-refractivity contribution in [3.8, 4) is 0 Å². The van der Waals surface area contributed by atoms with Gasteiger partial charge in [-0.25, -0.2) is 9.59 Å². The molecule has 0 saturated carbocycles. The fraction of sp³-hybridized carbons (Fsp3) is 0.500. The SMILES string of the molecule is CCCCC(NC(=O)NCCCc1ccccc1)C(=O)O. The van der Waals surface area contributed by atoms with Crippen LogP contribution in [0.25, 0.3) is 0 Å². The molecule has 0 spiro atoms. The van der Waals surface area contributed by atoms with E-state index >= 15 is 0 Å². The van der Waals surface area contributed by atoms with E-state index in [1.54, 1.807) is 0 Å². The number of aryl methyl sites for hydroxylation is 1. The highest BCUT2D eigenvalue weighted by molar-refractivity contribution is 5.82. The summed E-state index contributed by atoms with van der Waals surface area (Å²) in [7, 11) is 0. The summed E-state index contributed by atoms with van der Waals surface area (Å²) < 4.78 is 0. The molecule has 0 saturated heterocycles. The lowest BCUT2D eigenvalue weighted by Gasteiger charge is -2.14. The molecule has 1 aromatic rings. The number of carbonyl (C=O) groups excluding carboxylic acids is 1. The number of unbranched alkanes of at least 4 members (excludes halogenated alkanes) is 1. The zero-order chi connectivity index (χ0) is 15.5. The maximum atomic E-state index is 11.6.